The van der Waals surface area contributed by atoms with Crippen LogP contribution in [0, 0.1) is 5.92 Å². The van der Waals surface area contributed by atoms with E-state index >= 15 is 0 Å². The van der Waals surface area contributed by atoms with E-state index in [1.54, 1.807) is 0 Å². The van der Waals surface area contributed by atoms with Crippen LogP contribution in [0.5, 0.6) is 0 Å². The van der Waals surface area contributed by atoms with Crippen LogP contribution in [-0.4, -0.2) is 21.8 Å². The maximum atomic E-state index is 12.6. The molecular formula is C25H30ClN3O2. The molecule has 1 aromatic heterocycles. The van der Waals surface area contributed by atoms with Crippen LogP contribution < -0.4 is 5.32 Å². The van der Waals surface area contributed by atoms with Gasteiger partial charge in [0.25, 0.3) is 5.91 Å². The van der Waals surface area contributed by atoms with Crippen LogP contribution in [0.1, 0.15) is 61.2 Å². The van der Waals surface area contributed by atoms with Crippen molar-refractivity contribution in [2.45, 2.75) is 52.9 Å². The molecule has 164 valence electrons. The fourth-order valence-corrected chi connectivity index (χ4v) is 3.47. The molecule has 0 aliphatic rings. The largest absolute Gasteiger partial charge is 0.447 e. The Morgan fingerprint density at radius 3 is 2.35 bits per heavy atom. The third-order valence-electron chi connectivity index (χ3n) is 5.61. The summed E-state index contributed by atoms with van der Waals surface area (Å²) in [7, 11) is 0. The zero-order chi connectivity index (χ0) is 22.4. The molecule has 1 amide bonds. The van der Waals surface area contributed by atoms with Gasteiger partial charge in [0, 0.05) is 17.6 Å². The molecular weight excluding hydrogens is 410 g/mol. The predicted octanol–water partition coefficient (Wildman–Crippen LogP) is 5.87. The highest BCUT2D eigenvalue weighted by molar-refractivity contribution is 6.30. The minimum atomic E-state index is -0.243. The highest BCUT2D eigenvalue weighted by Gasteiger charge is 2.22. The minimum absolute atomic E-state index is 0.115. The second-order valence-electron chi connectivity index (χ2n) is 8.25. The number of oxazole rings is 1. The van der Waals surface area contributed by atoms with Crippen molar-refractivity contribution in [2.24, 2.45) is 5.92 Å². The van der Waals surface area contributed by atoms with Crippen molar-refractivity contribution >= 4 is 17.5 Å². The van der Waals surface area contributed by atoms with Crippen LogP contribution in [0.25, 0.3) is 0 Å². The van der Waals surface area contributed by atoms with Crippen molar-refractivity contribution < 1.29 is 9.21 Å². The van der Waals surface area contributed by atoms with Gasteiger partial charge in [-0.15, -0.1) is 0 Å². The van der Waals surface area contributed by atoms with Gasteiger partial charge in [-0.1, -0.05) is 67.9 Å². The topological polar surface area (TPSA) is 58.4 Å². The molecule has 0 aliphatic carbocycles. The molecule has 0 bridgehead atoms. The standard InChI is InChI=1S/C25H30ClN3O2/c1-17(2)19(4)29(14-20-10-12-22(26)13-11-20)15-24-28-23(16-31-24)25(30)27-18(3)21-8-6-5-7-9-21/h5-13,16-19H,14-15H2,1-4H3,(H,27,30)/t18-,19+/m1/s1. The van der Waals surface area contributed by atoms with E-state index in [0.29, 0.717) is 30.1 Å². The Bertz CT molecular complexity index is 970. The smallest absolute Gasteiger partial charge is 0.273 e. The Morgan fingerprint density at radius 1 is 1.03 bits per heavy atom. The molecule has 31 heavy (non-hydrogen) atoms. The van der Waals surface area contributed by atoms with Crippen molar-refractivity contribution in [3.63, 3.8) is 0 Å². The van der Waals surface area contributed by atoms with Crippen molar-refractivity contribution in [3.8, 4) is 0 Å². The van der Waals surface area contributed by atoms with Crippen molar-refractivity contribution in [1.29, 1.82) is 0 Å². The van der Waals surface area contributed by atoms with Gasteiger partial charge in [0.05, 0.1) is 12.6 Å². The fraction of sp³-hybridized carbons (Fsp3) is 0.360. The van der Waals surface area contributed by atoms with Crippen LogP contribution in [0.3, 0.4) is 0 Å². The van der Waals surface area contributed by atoms with Gasteiger partial charge in [0.15, 0.2) is 5.69 Å². The number of nitrogens with one attached hydrogen (secondary N) is 1. The van der Waals surface area contributed by atoms with Crippen LogP contribution in [-0.2, 0) is 13.1 Å². The monoisotopic (exact) mass is 439 g/mol. The quantitative estimate of drug-likeness (QED) is 0.453. The second-order valence-corrected chi connectivity index (χ2v) is 8.68. The van der Waals surface area contributed by atoms with E-state index in [0.717, 1.165) is 22.7 Å². The molecule has 0 spiro atoms. The number of carbonyl (C=O) groups excluding carboxylic acids is 1. The van der Waals surface area contributed by atoms with Gasteiger partial charge in [-0.2, -0.15) is 0 Å². The van der Waals surface area contributed by atoms with Crippen LogP contribution in [0.2, 0.25) is 5.02 Å². The summed E-state index contributed by atoms with van der Waals surface area (Å²) >= 11 is 6.02. The first kappa shape index (κ1) is 23.0. The third kappa shape index (κ3) is 6.42. The molecule has 0 aliphatic heterocycles. The number of carbonyl (C=O) groups is 1. The van der Waals surface area contributed by atoms with Gasteiger partial charge in [-0.25, -0.2) is 4.98 Å². The van der Waals surface area contributed by atoms with E-state index in [2.05, 4.69) is 36.0 Å². The van der Waals surface area contributed by atoms with Crippen LogP contribution >= 0.6 is 11.6 Å². The van der Waals surface area contributed by atoms with E-state index in [1.165, 1.54) is 6.26 Å². The minimum Gasteiger partial charge on any atom is -0.447 e. The summed E-state index contributed by atoms with van der Waals surface area (Å²) < 4.78 is 5.66. The maximum Gasteiger partial charge on any atom is 0.273 e. The Labute approximate surface area is 189 Å². The van der Waals surface area contributed by atoms with Crippen molar-refractivity contribution in [1.82, 2.24) is 15.2 Å². The molecule has 3 aromatic rings. The molecule has 2 atom stereocenters. The molecule has 0 fully saturated rings. The summed E-state index contributed by atoms with van der Waals surface area (Å²) in [5, 5.41) is 3.70. The fourth-order valence-electron chi connectivity index (χ4n) is 3.35. The number of benzene rings is 2. The normalized spacial score (nSPS) is 13.4. The first-order valence-electron chi connectivity index (χ1n) is 10.6. The summed E-state index contributed by atoms with van der Waals surface area (Å²) in [5.74, 6) is 0.739. The number of amides is 1. The molecule has 2 aromatic carbocycles. The van der Waals surface area contributed by atoms with Gasteiger partial charge in [-0.3, -0.25) is 9.69 Å². The van der Waals surface area contributed by atoms with Gasteiger partial charge >= 0.3 is 0 Å². The summed E-state index contributed by atoms with van der Waals surface area (Å²) in [6.45, 7) is 9.79. The molecule has 0 unspecified atom stereocenters. The lowest BCUT2D eigenvalue weighted by Gasteiger charge is -2.30. The maximum absolute atomic E-state index is 12.6. The average Bonchev–Trinajstić information content (AvgIpc) is 3.23. The van der Waals surface area contributed by atoms with E-state index in [4.69, 9.17) is 16.0 Å². The number of halogens is 1. The van der Waals surface area contributed by atoms with E-state index < -0.39 is 0 Å². The summed E-state index contributed by atoms with van der Waals surface area (Å²) in [5.41, 5.74) is 2.50. The summed E-state index contributed by atoms with van der Waals surface area (Å²) in [6.07, 6.45) is 1.43. The third-order valence-corrected chi connectivity index (χ3v) is 5.86. The molecule has 6 heteroatoms. The lowest BCUT2D eigenvalue weighted by Crippen LogP contribution is -2.36. The molecule has 0 saturated carbocycles. The summed E-state index contributed by atoms with van der Waals surface area (Å²) in [6, 6.07) is 17.9. The molecule has 0 radical (unpaired) electrons. The van der Waals surface area contributed by atoms with Gasteiger partial charge in [-0.05, 0) is 43.0 Å². The molecule has 0 saturated heterocycles. The van der Waals surface area contributed by atoms with Gasteiger partial charge in [0.1, 0.15) is 6.26 Å². The Hall–Kier alpha value is -2.63. The lowest BCUT2D eigenvalue weighted by molar-refractivity contribution is 0.0934. The van der Waals surface area contributed by atoms with Gasteiger partial charge in [0.2, 0.25) is 5.89 Å². The zero-order valence-corrected chi connectivity index (χ0v) is 19.3. The lowest BCUT2D eigenvalue weighted by atomic mass is 10.0. The second kappa shape index (κ2) is 10.6. The number of rotatable bonds is 9. The number of hydrogen-bond acceptors (Lipinski definition) is 4. The highest BCUT2D eigenvalue weighted by Crippen LogP contribution is 2.20. The number of nitrogens with zero attached hydrogens (tertiary/aromatic N) is 2. The van der Waals surface area contributed by atoms with Crippen molar-refractivity contribution in [3.05, 3.63) is 88.6 Å². The zero-order valence-electron chi connectivity index (χ0n) is 18.5. The van der Waals surface area contributed by atoms with E-state index in [1.807, 2.05) is 61.5 Å². The molecule has 5 nitrogen and oxygen atoms in total. The highest BCUT2D eigenvalue weighted by atomic mass is 35.5. The van der Waals surface area contributed by atoms with E-state index in [9.17, 15) is 4.79 Å². The van der Waals surface area contributed by atoms with Crippen LogP contribution in [0.15, 0.2) is 65.3 Å². The van der Waals surface area contributed by atoms with Gasteiger partial charge < -0.3 is 9.73 Å². The Balaban J connectivity index is 1.68. The first-order valence-corrected chi connectivity index (χ1v) is 11.0. The molecule has 3 rings (SSSR count). The molecule has 1 heterocycles. The number of hydrogen-bond donors (Lipinski definition) is 1. The Morgan fingerprint density at radius 2 is 1.71 bits per heavy atom. The SMILES string of the molecule is CC(C)[C@H](C)N(Cc1ccc(Cl)cc1)Cc1nc(C(=O)N[C@H](C)c2ccccc2)co1. The Kier molecular flexibility index (Phi) is 7.88. The number of aromatic nitrogens is 1. The van der Waals surface area contributed by atoms with Crippen molar-refractivity contribution in [2.75, 3.05) is 0 Å². The van der Waals surface area contributed by atoms with E-state index in [-0.39, 0.29) is 11.9 Å². The first-order chi connectivity index (χ1) is 14.8. The average molecular weight is 440 g/mol. The predicted molar refractivity (Wildman–Crippen MR) is 124 cm³/mol. The van der Waals surface area contributed by atoms with Crippen LogP contribution in [0.4, 0.5) is 0 Å². The molecule has 1 N–H and O–H groups in total. The summed E-state index contributed by atoms with van der Waals surface area (Å²) in [4.78, 5) is 19.4.